The molecule has 7 heteroatoms. The summed E-state index contributed by atoms with van der Waals surface area (Å²) >= 11 is 0. The summed E-state index contributed by atoms with van der Waals surface area (Å²) in [4.78, 5) is 19.2. The minimum absolute atomic E-state index is 0. The zero-order valence-electron chi connectivity index (χ0n) is 13.2. The second-order valence-electron chi connectivity index (χ2n) is 5.88. The lowest BCUT2D eigenvalue weighted by atomic mass is 10.1. The van der Waals surface area contributed by atoms with Crippen LogP contribution in [0.2, 0.25) is 0 Å². The van der Waals surface area contributed by atoms with Gasteiger partial charge < -0.3 is 10.6 Å². The highest BCUT2D eigenvalue weighted by Crippen LogP contribution is 2.22. The molecule has 0 radical (unpaired) electrons. The Morgan fingerprint density at radius 3 is 2.77 bits per heavy atom. The first-order valence-corrected chi connectivity index (χ1v) is 7.34. The highest BCUT2D eigenvalue weighted by Gasteiger charge is 2.29. The molecule has 2 aromatic rings. The van der Waals surface area contributed by atoms with Gasteiger partial charge >= 0.3 is 0 Å². The van der Waals surface area contributed by atoms with Crippen LogP contribution in [0.1, 0.15) is 33.9 Å². The maximum absolute atomic E-state index is 12.8. The summed E-state index contributed by atoms with van der Waals surface area (Å²) in [5.41, 5.74) is 9.61. The summed E-state index contributed by atoms with van der Waals surface area (Å²) in [6.07, 6.45) is 0.978. The van der Waals surface area contributed by atoms with Crippen molar-refractivity contribution in [2.45, 2.75) is 27.2 Å². The molecule has 0 bridgehead atoms. The van der Waals surface area contributed by atoms with E-state index in [9.17, 15) is 4.79 Å². The minimum Gasteiger partial charge on any atom is -0.338 e. The summed E-state index contributed by atoms with van der Waals surface area (Å²) in [5, 5.41) is 4.47. The van der Waals surface area contributed by atoms with Gasteiger partial charge in [-0.1, -0.05) is 0 Å². The predicted octanol–water partition coefficient (Wildman–Crippen LogP) is 1.50. The largest absolute Gasteiger partial charge is 0.338 e. The Bertz CT molecular complexity index is 712. The van der Waals surface area contributed by atoms with Gasteiger partial charge in [-0.15, -0.1) is 12.4 Å². The van der Waals surface area contributed by atoms with Crippen LogP contribution >= 0.6 is 12.4 Å². The van der Waals surface area contributed by atoms with Gasteiger partial charge in [-0.25, -0.2) is 9.50 Å². The van der Waals surface area contributed by atoms with Crippen molar-refractivity contribution in [1.29, 1.82) is 0 Å². The Balaban J connectivity index is 0.00000176. The molecule has 1 unspecified atom stereocenters. The highest BCUT2D eigenvalue weighted by atomic mass is 35.5. The lowest BCUT2D eigenvalue weighted by molar-refractivity contribution is 0.0788. The van der Waals surface area contributed by atoms with Gasteiger partial charge in [0.1, 0.15) is 5.56 Å². The quantitative estimate of drug-likeness (QED) is 0.908. The molecule has 6 nitrogen and oxygen atoms in total. The molecule has 1 aliphatic heterocycles. The molecular formula is C15H22ClN5O. The summed E-state index contributed by atoms with van der Waals surface area (Å²) in [6.45, 7) is 7.91. The van der Waals surface area contributed by atoms with Crippen LogP contribution in [0.15, 0.2) is 6.07 Å². The number of nitrogens with two attached hydrogens (primary N) is 1. The van der Waals surface area contributed by atoms with E-state index in [1.54, 1.807) is 4.52 Å². The first kappa shape index (κ1) is 16.7. The Labute approximate surface area is 136 Å². The molecule has 1 saturated heterocycles. The SMILES string of the molecule is Cc1cc(C)n2nc(C)c(C(=O)N3CCC(CN)C3)c2n1.Cl. The van der Waals surface area contributed by atoms with Gasteiger partial charge in [-0.3, -0.25) is 4.79 Å². The van der Waals surface area contributed by atoms with Crippen LogP contribution in [0.3, 0.4) is 0 Å². The van der Waals surface area contributed by atoms with E-state index >= 15 is 0 Å². The Morgan fingerprint density at radius 2 is 2.14 bits per heavy atom. The van der Waals surface area contributed by atoms with Gasteiger partial charge in [0.25, 0.3) is 5.91 Å². The molecule has 0 spiro atoms. The second-order valence-corrected chi connectivity index (χ2v) is 5.88. The lowest BCUT2D eigenvalue weighted by Gasteiger charge is -2.16. The fraction of sp³-hybridized carbons (Fsp3) is 0.533. The Hall–Kier alpha value is -1.66. The molecular weight excluding hydrogens is 302 g/mol. The molecule has 0 aromatic carbocycles. The number of likely N-dealkylation sites (tertiary alicyclic amines) is 1. The first-order chi connectivity index (χ1) is 10.0. The molecule has 120 valence electrons. The lowest BCUT2D eigenvalue weighted by Crippen LogP contribution is -2.30. The zero-order chi connectivity index (χ0) is 15.1. The van der Waals surface area contributed by atoms with Gasteiger partial charge in [0.05, 0.1) is 5.69 Å². The third-order valence-corrected chi connectivity index (χ3v) is 4.19. The van der Waals surface area contributed by atoms with Crippen molar-refractivity contribution in [3.8, 4) is 0 Å². The molecule has 2 aromatic heterocycles. The molecule has 2 N–H and O–H groups in total. The highest BCUT2D eigenvalue weighted by molar-refractivity contribution is 6.01. The summed E-state index contributed by atoms with van der Waals surface area (Å²) < 4.78 is 1.76. The van der Waals surface area contributed by atoms with E-state index in [2.05, 4.69) is 10.1 Å². The van der Waals surface area contributed by atoms with Crippen LogP contribution in [0, 0.1) is 26.7 Å². The topological polar surface area (TPSA) is 76.5 Å². The molecule has 1 amide bonds. The van der Waals surface area contributed by atoms with Gasteiger partial charge in [0.2, 0.25) is 0 Å². The van der Waals surface area contributed by atoms with E-state index in [0.29, 0.717) is 23.7 Å². The third-order valence-electron chi connectivity index (χ3n) is 4.19. The zero-order valence-corrected chi connectivity index (χ0v) is 14.0. The number of aryl methyl sites for hydroxylation is 3. The van der Waals surface area contributed by atoms with Crippen LogP contribution in [-0.4, -0.2) is 45.0 Å². The number of carbonyl (C=O) groups excluding carboxylic acids is 1. The number of nitrogens with zero attached hydrogens (tertiary/aromatic N) is 4. The van der Waals surface area contributed by atoms with E-state index in [-0.39, 0.29) is 18.3 Å². The van der Waals surface area contributed by atoms with Crippen molar-refractivity contribution in [2.75, 3.05) is 19.6 Å². The number of carbonyl (C=O) groups is 1. The van der Waals surface area contributed by atoms with Gasteiger partial charge in [0, 0.05) is 24.5 Å². The van der Waals surface area contributed by atoms with E-state index in [4.69, 9.17) is 5.73 Å². The number of aromatic nitrogens is 3. The van der Waals surface area contributed by atoms with Crippen molar-refractivity contribution in [1.82, 2.24) is 19.5 Å². The van der Waals surface area contributed by atoms with Crippen LogP contribution in [0.25, 0.3) is 5.65 Å². The van der Waals surface area contributed by atoms with Crippen molar-refractivity contribution < 1.29 is 4.79 Å². The van der Waals surface area contributed by atoms with Crippen LogP contribution < -0.4 is 5.73 Å². The number of hydrogen-bond donors (Lipinski definition) is 1. The van der Waals surface area contributed by atoms with E-state index in [0.717, 1.165) is 36.6 Å². The monoisotopic (exact) mass is 323 g/mol. The number of fused-ring (bicyclic) bond motifs is 1. The molecule has 22 heavy (non-hydrogen) atoms. The number of hydrogen-bond acceptors (Lipinski definition) is 4. The van der Waals surface area contributed by atoms with Crippen LogP contribution in [0.4, 0.5) is 0 Å². The van der Waals surface area contributed by atoms with Crippen molar-refractivity contribution in [3.05, 3.63) is 28.7 Å². The first-order valence-electron chi connectivity index (χ1n) is 7.34. The summed E-state index contributed by atoms with van der Waals surface area (Å²) in [6, 6.07) is 1.97. The Kier molecular flexibility index (Phi) is 4.72. The number of amides is 1. The van der Waals surface area contributed by atoms with Crippen LogP contribution in [-0.2, 0) is 0 Å². The number of halogens is 1. The summed E-state index contributed by atoms with van der Waals surface area (Å²) in [7, 11) is 0. The molecule has 1 aliphatic rings. The molecule has 1 atom stereocenters. The molecule has 0 aliphatic carbocycles. The smallest absolute Gasteiger partial charge is 0.259 e. The maximum Gasteiger partial charge on any atom is 0.259 e. The molecule has 3 rings (SSSR count). The summed E-state index contributed by atoms with van der Waals surface area (Å²) in [5.74, 6) is 0.434. The van der Waals surface area contributed by atoms with E-state index < -0.39 is 0 Å². The average molecular weight is 324 g/mol. The fourth-order valence-corrected chi connectivity index (χ4v) is 3.05. The standard InChI is InChI=1S/C15H21N5O.ClH/c1-9-6-10(2)20-14(17-9)13(11(3)18-20)15(21)19-5-4-12(7-16)8-19;/h6,12H,4-5,7-8,16H2,1-3H3;1H. The third kappa shape index (κ3) is 2.68. The van der Waals surface area contributed by atoms with Crippen LogP contribution in [0.5, 0.6) is 0 Å². The maximum atomic E-state index is 12.8. The van der Waals surface area contributed by atoms with Crippen molar-refractivity contribution in [2.24, 2.45) is 11.7 Å². The van der Waals surface area contributed by atoms with Crippen molar-refractivity contribution in [3.63, 3.8) is 0 Å². The average Bonchev–Trinajstić information content (AvgIpc) is 3.02. The second kappa shape index (κ2) is 6.22. The molecule has 3 heterocycles. The predicted molar refractivity (Wildman–Crippen MR) is 87.5 cm³/mol. The van der Waals surface area contributed by atoms with E-state index in [1.165, 1.54) is 0 Å². The molecule has 0 saturated carbocycles. The normalized spacial score (nSPS) is 17.8. The fourth-order valence-electron chi connectivity index (χ4n) is 3.05. The van der Waals surface area contributed by atoms with E-state index in [1.807, 2.05) is 31.7 Å². The van der Waals surface area contributed by atoms with Gasteiger partial charge in [-0.2, -0.15) is 5.10 Å². The van der Waals surface area contributed by atoms with Crippen molar-refractivity contribution >= 4 is 24.0 Å². The van der Waals surface area contributed by atoms with Gasteiger partial charge in [-0.05, 0) is 45.7 Å². The minimum atomic E-state index is 0. The number of rotatable bonds is 2. The van der Waals surface area contributed by atoms with Gasteiger partial charge in [0.15, 0.2) is 5.65 Å². The Morgan fingerprint density at radius 1 is 1.41 bits per heavy atom. The molecule has 1 fully saturated rings.